The number of carboxylic acids is 1. The van der Waals surface area contributed by atoms with Crippen LogP contribution in [0.2, 0.25) is 0 Å². The van der Waals surface area contributed by atoms with Crippen LogP contribution in [0.3, 0.4) is 0 Å². The minimum Gasteiger partial charge on any atom is -0.481 e. The maximum Gasteiger partial charge on any atom is 0.305 e. The maximum absolute atomic E-state index is 10.3. The summed E-state index contributed by atoms with van der Waals surface area (Å²) in [5, 5.41) is 8.47. The molecule has 0 aliphatic carbocycles. The van der Waals surface area contributed by atoms with Crippen molar-refractivity contribution >= 4 is 5.97 Å². The number of carbonyl (C=O) groups is 1. The van der Waals surface area contributed by atoms with Crippen LogP contribution in [0, 0.1) is 0 Å². The molecule has 70 valence electrons. The third kappa shape index (κ3) is 5.92. The molecule has 0 aromatic carbocycles. The minimum atomic E-state index is -0.803. The van der Waals surface area contributed by atoms with Gasteiger partial charge in [-0.2, -0.15) is 0 Å². The Balaban J connectivity index is 3.60. The fourth-order valence-electron chi connectivity index (χ4n) is 0.804. The molecule has 0 rings (SSSR count). The van der Waals surface area contributed by atoms with E-state index in [1.54, 1.807) is 0 Å². The van der Waals surface area contributed by atoms with E-state index >= 15 is 0 Å². The van der Waals surface area contributed by atoms with E-state index in [-0.39, 0.29) is 12.5 Å². The van der Waals surface area contributed by atoms with Crippen LogP contribution >= 0.6 is 0 Å². The first kappa shape index (κ1) is 11.2. The van der Waals surface area contributed by atoms with Crippen LogP contribution in [-0.4, -0.2) is 23.8 Å². The van der Waals surface area contributed by atoms with Crippen LogP contribution in [0.25, 0.3) is 0 Å². The molecule has 0 aromatic rings. The Morgan fingerprint density at radius 3 is 2.75 bits per heavy atom. The van der Waals surface area contributed by atoms with Gasteiger partial charge < -0.3 is 9.84 Å². The van der Waals surface area contributed by atoms with Gasteiger partial charge in [-0.05, 0) is 13.3 Å². The summed E-state index contributed by atoms with van der Waals surface area (Å²) in [4.78, 5) is 10.3. The van der Waals surface area contributed by atoms with Crippen LogP contribution in [0.4, 0.5) is 0 Å². The molecule has 1 N–H and O–H groups in total. The molecule has 0 heterocycles. The topological polar surface area (TPSA) is 46.5 Å². The zero-order valence-electron chi connectivity index (χ0n) is 7.62. The van der Waals surface area contributed by atoms with Gasteiger partial charge in [0.1, 0.15) is 0 Å². The van der Waals surface area contributed by atoms with Crippen LogP contribution in [0.15, 0.2) is 12.2 Å². The second-order valence-corrected chi connectivity index (χ2v) is 2.53. The van der Waals surface area contributed by atoms with Gasteiger partial charge in [0.15, 0.2) is 0 Å². The van der Waals surface area contributed by atoms with E-state index < -0.39 is 5.97 Å². The molecule has 0 aliphatic rings. The van der Waals surface area contributed by atoms with Crippen molar-refractivity contribution in [2.75, 3.05) is 6.61 Å². The Morgan fingerprint density at radius 1 is 1.67 bits per heavy atom. The van der Waals surface area contributed by atoms with E-state index in [2.05, 4.69) is 0 Å². The Hall–Kier alpha value is -0.830. The number of rotatable bonds is 6. The predicted molar refractivity (Wildman–Crippen MR) is 47.1 cm³/mol. The number of ether oxygens (including phenoxy) is 1. The summed E-state index contributed by atoms with van der Waals surface area (Å²) in [7, 11) is 0. The molecule has 3 nitrogen and oxygen atoms in total. The Morgan fingerprint density at radius 2 is 2.33 bits per heavy atom. The van der Waals surface area contributed by atoms with Crippen LogP contribution in [-0.2, 0) is 9.53 Å². The third-order valence-corrected chi connectivity index (χ3v) is 1.52. The summed E-state index contributed by atoms with van der Waals surface area (Å²) in [5.41, 5.74) is 0. The fourth-order valence-corrected chi connectivity index (χ4v) is 0.804. The van der Waals surface area contributed by atoms with Crippen molar-refractivity contribution in [2.24, 2.45) is 0 Å². The van der Waals surface area contributed by atoms with Crippen molar-refractivity contribution in [3.63, 3.8) is 0 Å². The highest BCUT2D eigenvalue weighted by atomic mass is 16.5. The Labute approximate surface area is 73.0 Å². The van der Waals surface area contributed by atoms with Crippen LogP contribution in [0.5, 0.6) is 0 Å². The lowest BCUT2D eigenvalue weighted by Crippen LogP contribution is -2.16. The summed E-state index contributed by atoms with van der Waals surface area (Å²) < 4.78 is 5.27. The molecule has 12 heavy (non-hydrogen) atoms. The summed E-state index contributed by atoms with van der Waals surface area (Å²) >= 11 is 0. The lowest BCUT2D eigenvalue weighted by atomic mass is 10.2. The second kappa shape index (κ2) is 6.85. The summed E-state index contributed by atoms with van der Waals surface area (Å²) in [5.74, 6) is -0.803. The second-order valence-electron chi connectivity index (χ2n) is 2.53. The van der Waals surface area contributed by atoms with Crippen LogP contribution in [0.1, 0.15) is 26.7 Å². The van der Waals surface area contributed by atoms with E-state index in [4.69, 9.17) is 9.84 Å². The molecule has 1 atom stereocenters. The van der Waals surface area contributed by atoms with Gasteiger partial charge >= 0.3 is 5.97 Å². The standard InChI is InChI=1S/C9H16O3/c1-3-5-6-12-8(4-2)7-9(10)11/h3,5,8H,4,6-7H2,1-2H3,(H,10,11). The van der Waals surface area contributed by atoms with E-state index in [0.717, 1.165) is 6.42 Å². The van der Waals surface area contributed by atoms with Crippen molar-refractivity contribution < 1.29 is 14.6 Å². The van der Waals surface area contributed by atoms with E-state index in [1.165, 1.54) is 0 Å². The summed E-state index contributed by atoms with van der Waals surface area (Å²) in [6, 6.07) is 0. The Kier molecular flexibility index (Phi) is 6.38. The molecule has 0 amide bonds. The maximum atomic E-state index is 10.3. The lowest BCUT2D eigenvalue weighted by Gasteiger charge is -2.11. The molecule has 0 fully saturated rings. The molecule has 0 aromatic heterocycles. The minimum absolute atomic E-state index is 0.0913. The van der Waals surface area contributed by atoms with Crippen molar-refractivity contribution in [3.05, 3.63) is 12.2 Å². The van der Waals surface area contributed by atoms with E-state index in [9.17, 15) is 4.79 Å². The van der Waals surface area contributed by atoms with Crippen molar-refractivity contribution in [1.82, 2.24) is 0 Å². The molecule has 0 saturated heterocycles. The monoisotopic (exact) mass is 172 g/mol. The van der Waals surface area contributed by atoms with Gasteiger partial charge in [-0.25, -0.2) is 0 Å². The van der Waals surface area contributed by atoms with Gasteiger partial charge in [-0.15, -0.1) is 0 Å². The zero-order valence-corrected chi connectivity index (χ0v) is 7.62. The first-order valence-corrected chi connectivity index (χ1v) is 4.15. The Bertz CT molecular complexity index is 152. The van der Waals surface area contributed by atoms with Gasteiger partial charge in [-0.3, -0.25) is 4.79 Å². The molecule has 0 bridgehead atoms. The zero-order chi connectivity index (χ0) is 9.40. The number of allylic oxidation sites excluding steroid dienone is 1. The number of hydrogen-bond donors (Lipinski definition) is 1. The highest BCUT2D eigenvalue weighted by Gasteiger charge is 2.09. The van der Waals surface area contributed by atoms with E-state index in [0.29, 0.717) is 6.61 Å². The summed E-state index contributed by atoms with van der Waals surface area (Å²) in [6.45, 7) is 4.33. The SMILES string of the molecule is CC=CCOC(CC)CC(=O)O. The predicted octanol–water partition coefficient (Wildman–Crippen LogP) is 1.83. The van der Waals surface area contributed by atoms with Crippen molar-refractivity contribution in [3.8, 4) is 0 Å². The molecule has 3 heteroatoms. The van der Waals surface area contributed by atoms with E-state index in [1.807, 2.05) is 26.0 Å². The lowest BCUT2D eigenvalue weighted by molar-refractivity contribution is -0.140. The third-order valence-electron chi connectivity index (χ3n) is 1.52. The van der Waals surface area contributed by atoms with Crippen molar-refractivity contribution in [1.29, 1.82) is 0 Å². The quantitative estimate of drug-likeness (QED) is 0.622. The highest BCUT2D eigenvalue weighted by Crippen LogP contribution is 2.03. The molecular formula is C9H16O3. The molecule has 1 unspecified atom stereocenters. The van der Waals surface area contributed by atoms with Crippen molar-refractivity contribution in [2.45, 2.75) is 32.8 Å². The fraction of sp³-hybridized carbons (Fsp3) is 0.667. The smallest absolute Gasteiger partial charge is 0.305 e. The van der Waals surface area contributed by atoms with Gasteiger partial charge in [0.05, 0.1) is 19.1 Å². The molecule has 0 spiro atoms. The first-order chi connectivity index (χ1) is 5.70. The van der Waals surface area contributed by atoms with Crippen LogP contribution < -0.4 is 0 Å². The molecular weight excluding hydrogens is 156 g/mol. The molecule has 0 radical (unpaired) electrons. The largest absolute Gasteiger partial charge is 0.481 e. The van der Waals surface area contributed by atoms with Gasteiger partial charge in [0.25, 0.3) is 0 Å². The highest BCUT2D eigenvalue weighted by molar-refractivity contribution is 5.67. The average molecular weight is 172 g/mol. The molecule has 0 aliphatic heterocycles. The first-order valence-electron chi connectivity index (χ1n) is 4.15. The van der Waals surface area contributed by atoms with Gasteiger partial charge in [0, 0.05) is 0 Å². The van der Waals surface area contributed by atoms with Gasteiger partial charge in [0.2, 0.25) is 0 Å². The number of carboxylic acid groups (broad SMARTS) is 1. The normalized spacial score (nSPS) is 13.5. The van der Waals surface area contributed by atoms with Gasteiger partial charge in [-0.1, -0.05) is 19.1 Å². The average Bonchev–Trinajstić information content (AvgIpc) is 2.02. The number of aliphatic carboxylic acids is 1. The molecule has 0 saturated carbocycles. The number of hydrogen-bond acceptors (Lipinski definition) is 2. The summed E-state index contributed by atoms with van der Waals surface area (Å²) in [6.07, 6.45) is 4.43.